The summed E-state index contributed by atoms with van der Waals surface area (Å²) in [7, 11) is 0. The van der Waals surface area contributed by atoms with E-state index in [4.69, 9.17) is 18.9 Å². The Kier molecular flexibility index (Phi) is 10.9. The second-order valence-electron chi connectivity index (χ2n) is 9.61. The van der Waals surface area contributed by atoms with Crippen molar-refractivity contribution < 1.29 is 23.7 Å². The van der Waals surface area contributed by atoms with Crippen LogP contribution in [0.4, 0.5) is 0 Å². The lowest BCUT2D eigenvalue weighted by Crippen LogP contribution is -2.47. The van der Waals surface area contributed by atoms with Gasteiger partial charge in [0.2, 0.25) is 0 Å². The first-order chi connectivity index (χ1) is 17.4. The summed E-state index contributed by atoms with van der Waals surface area (Å²) in [6.45, 7) is 9.51. The molecule has 3 rings (SSSR count). The van der Waals surface area contributed by atoms with Gasteiger partial charge in [0.05, 0.1) is 38.1 Å². The fraction of sp³-hybridized carbons (Fsp3) is 0.452. The first-order valence-electron chi connectivity index (χ1n) is 12.9. The smallest absolute Gasteiger partial charge is 0.333 e. The predicted octanol–water partition coefficient (Wildman–Crippen LogP) is 6.57. The zero-order valence-electron chi connectivity index (χ0n) is 22.1. The zero-order chi connectivity index (χ0) is 25.8. The number of rotatable bonds is 10. The van der Waals surface area contributed by atoms with Gasteiger partial charge in [-0.25, -0.2) is 4.79 Å². The number of ether oxygens (including phenoxy) is 4. The minimum atomic E-state index is -0.586. The number of allylic oxidation sites excluding steroid dienone is 1. The van der Waals surface area contributed by atoms with Crippen LogP contribution in [0.25, 0.3) is 0 Å². The van der Waals surface area contributed by atoms with Crippen LogP contribution in [0.2, 0.25) is 0 Å². The number of hydrogen-bond acceptors (Lipinski definition) is 5. The van der Waals surface area contributed by atoms with Crippen LogP contribution < -0.4 is 0 Å². The van der Waals surface area contributed by atoms with Gasteiger partial charge in [-0.1, -0.05) is 72.3 Å². The lowest BCUT2D eigenvalue weighted by molar-refractivity contribution is -0.177. The molecule has 0 radical (unpaired) electrons. The molecule has 2 aromatic rings. The van der Waals surface area contributed by atoms with Crippen molar-refractivity contribution in [3.05, 3.63) is 95.1 Å². The van der Waals surface area contributed by atoms with Crippen LogP contribution in [0, 0.1) is 0 Å². The van der Waals surface area contributed by atoms with E-state index < -0.39 is 5.60 Å². The highest BCUT2D eigenvalue weighted by Gasteiger charge is 2.38. The largest absolute Gasteiger partial charge is 0.463 e. The van der Waals surface area contributed by atoms with Crippen molar-refractivity contribution in [2.24, 2.45) is 0 Å². The van der Waals surface area contributed by atoms with Crippen molar-refractivity contribution in [2.45, 2.75) is 78.0 Å². The van der Waals surface area contributed by atoms with E-state index in [1.807, 2.05) is 49.4 Å². The molecule has 3 atom stereocenters. The average Bonchev–Trinajstić information content (AvgIpc) is 2.93. The summed E-state index contributed by atoms with van der Waals surface area (Å²) in [4.78, 5) is 12.3. The SMILES string of the molecule is CCOC(=O)/C(C)=C/[C@H]1C/C(C)=C\CC[C@@](C)(OCc2ccccc2)[C@@H](COCc2ccccc2)O1. The molecule has 1 aliphatic heterocycles. The van der Waals surface area contributed by atoms with Crippen LogP contribution in [0.1, 0.15) is 58.1 Å². The maximum absolute atomic E-state index is 12.3. The number of carbonyl (C=O) groups excluding carboxylic acids is 1. The van der Waals surface area contributed by atoms with E-state index in [0.717, 1.165) is 24.0 Å². The molecule has 5 nitrogen and oxygen atoms in total. The summed E-state index contributed by atoms with van der Waals surface area (Å²) in [6.07, 6.45) is 5.87. The Morgan fingerprint density at radius 1 is 1.06 bits per heavy atom. The number of hydrogen-bond donors (Lipinski definition) is 0. The molecule has 1 heterocycles. The van der Waals surface area contributed by atoms with E-state index in [1.165, 1.54) is 5.57 Å². The second-order valence-corrected chi connectivity index (χ2v) is 9.61. The predicted molar refractivity (Wildman–Crippen MR) is 142 cm³/mol. The van der Waals surface area contributed by atoms with Crippen molar-refractivity contribution in [1.29, 1.82) is 0 Å². The van der Waals surface area contributed by atoms with Gasteiger partial charge in [0.1, 0.15) is 6.10 Å². The summed E-state index contributed by atoms with van der Waals surface area (Å²) in [5.74, 6) is -0.317. The van der Waals surface area contributed by atoms with Gasteiger partial charge in [-0.05, 0) is 64.2 Å². The van der Waals surface area contributed by atoms with Crippen molar-refractivity contribution in [1.82, 2.24) is 0 Å². The van der Waals surface area contributed by atoms with Crippen LogP contribution in [0.5, 0.6) is 0 Å². The third-order valence-corrected chi connectivity index (χ3v) is 6.50. The maximum atomic E-state index is 12.3. The molecule has 0 amide bonds. The highest BCUT2D eigenvalue weighted by atomic mass is 16.6. The zero-order valence-corrected chi connectivity index (χ0v) is 22.1. The second kappa shape index (κ2) is 14.1. The van der Waals surface area contributed by atoms with Crippen molar-refractivity contribution >= 4 is 5.97 Å². The molecule has 0 spiro atoms. The molecule has 0 aromatic heterocycles. The highest BCUT2D eigenvalue weighted by Crippen LogP contribution is 2.31. The lowest BCUT2D eigenvalue weighted by atomic mass is 9.92. The van der Waals surface area contributed by atoms with Gasteiger partial charge in [0.25, 0.3) is 0 Å². The van der Waals surface area contributed by atoms with E-state index in [2.05, 4.69) is 44.2 Å². The third kappa shape index (κ3) is 8.74. The summed E-state index contributed by atoms with van der Waals surface area (Å²) in [5, 5.41) is 0. The first-order valence-corrected chi connectivity index (χ1v) is 12.9. The van der Waals surface area contributed by atoms with Gasteiger partial charge in [0.15, 0.2) is 0 Å². The van der Waals surface area contributed by atoms with Gasteiger partial charge < -0.3 is 18.9 Å². The van der Waals surface area contributed by atoms with E-state index in [-0.39, 0.29) is 18.2 Å². The maximum Gasteiger partial charge on any atom is 0.333 e. The summed E-state index contributed by atoms with van der Waals surface area (Å²) in [5.41, 5.74) is 3.41. The van der Waals surface area contributed by atoms with Gasteiger partial charge in [-0.15, -0.1) is 0 Å². The Balaban J connectivity index is 1.83. The Morgan fingerprint density at radius 3 is 2.33 bits per heavy atom. The summed E-state index contributed by atoms with van der Waals surface area (Å²) >= 11 is 0. The Labute approximate surface area is 216 Å². The quantitative estimate of drug-likeness (QED) is 0.213. The van der Waals surface area contributed by atoms with Crippen LogP contribution in [0.3, 0.4) is 0 Å². The molecular weight excluding hydrogens is 452 g/mol. The number of benzene rings is 2. The third-order valence-electron chi connectivity index (χ3n) is 6.50. The molecule has 0 saturated carbocycles. The van der Waals surface area contributed by atoms with Crippen LogP contribution in [-0.2, 0) is 37.0 Å². The van der Waals surface area contributed by atoms with Crippen LogP contribution >= 0.6 is 0 Å². The van der Waals surface area contributed by atoms with Gasteiger partial charge in [0, 0.05) is 5.57 Å². The topological polar surface area (TPSA) is 54.0 Å². The fourth-order valence-corrected chi connectivity index (χ4v) is 4.32. The molecule has 0 N–H and O–H groups in total. The van der Waals surface area contributed by atoms with Crippen LogP contribution in [0.15, 0.2) is 84.0 Å². The normalized spacial score (nSPS) is 24.7. The lowest BCUT2D eigenvalue weighted by Gasteiger charge is -2.38. The molecule has 5 heteroatoms. The summed E-state index contributed by atoms with van der Waals surface area (Å²) in [6, 6.07) is 20.3. The molecule has 194 valence electrons. The van der Waals surface area contributed by atoms with Crippen molar-refractivity contribution in [2.75, 3.05) is 13.2 Å². The molecule has 0 saturated heterocycles. The molecule has 1 aliphatic rings. The van der Waals surface area contributed by atoms with E-state index >= 15 is 0 Å². The number of esters is 1. The minimum absolute atomic E-state index is 0.297. The molecule has 0 fully saturated rings. The highest BCUT2D eigenvalue weighted by molar-refractivity contribution is 5.87. The fourth-order valence-electron chi connectivity index (χ4n) is 4.32. The average molecular weight is 493 g/mol. The van der Waals surface area contributed by atoms with Crippen molar-refractivity contribution in [3.63, 3.8) is 0 Å². The van der Waals surface area contributed by atoms with E-state index in [9.17, 15) is 4.79 Å². The van der Waals surface area contributed by atoms with Crippen LogP contribution in [-0.4, -0.2) is 37.0 Å². The van der Waals surface area contributed by atoms with E-state index in [0.29, 0.717) is 38.4 Å². The molecule has 2 aromatic carbocycles. The molecular formula is C31H40O5. The molecule has 0 unspecified atom stereocenters. The molecule has 0 bridgehead atoms. The van der Waals surface area contributed by atoms with E-state index in [1.54, 1.807) is 6.92 Å². The monoisotopic (exact) mass is 492 g/mol. The van der Waals surface area contributed by atoms with Gasteiger partial charge in [-0.3, -0.25) is 0 Å². The standard InChI is InChI=1S/C31H40O5/c1-5-34-30(32)25(3)20-28-19-24(2)13-12-18-31(4,35-22-27-16-10-7-11-17-27)29(36-28)23-33-21-26-14-8-6-9-15-26/h6-11,13-17,20,28-29H,5,12,18-19,21-23H2,1-4H3/b24-13-,25-20+/t28-,29-,31-/m1/s1. The first kappa shape index (κ1) is 27.9. The molecule has 0 aliphatic carbocycles. The molecule has 36 heavy (non-hydrogen) atoms. The Hall–Kier alpha value is -2.73. The van der Waals surface area contributed by atoms with Gasteiger partial charge >= 0.3 is 5.97 Å². The minimum Gasteiger partial charge on any atom is -0.463 e. The Morgan fingerprint density at radius 2 is 1.69 bits per heavy atom. The Bertz CT molecular complexity index is 998. The summed E-state index contributed by atoms with van der Waals surface area (Å²) < 4.78 is 24.7. The van der Waals surface area contributed by atoms with Gasteiger partial charge in [-0.2, -0.15) is 0 Å². The van der Waals surface area contributed by atoms with Crippen molar-refractivity contribution in [3.8, 4) is 0 Å². The number of carbonyl (C=O) groups is 1.